The molecule has 0 saturated heterocycles. The first-order valence-corrected chi connectivity index (χ1v) is 5.79. The van der Waals surface area contributed by atoms with E-state index in [4.69, 9.17) is 4.74 Å². The van der Waals surface area contributed by atoms with Crippen molar-refractivity contribution in [3.63, 3.8) is 0 Å². The van der Waals surface area contributed by atoms with E-state index in [0.29, 0.717) is 0 Å². The highest BCUT2D eigenvalue weighted by molar-refractivity contribution is 5.52. The van der Waals surface area contributed by atoms with Crippen molar-refractivity contribution in [2.45, 2.75) is 13.0 Å². The summed E-state index contributed by atoms with van der Waals surface area (Å²) in [6.07, 6.45) is 2.82. The minimum Gasteiger partial charge on any atom is -0.493 e. The molecule has 88 valence electrons. The van der Waals surface area contributed by atoms with Gasteiger partial charge in [0.2, 0.25) is 0 Å². The lowest BCUT2D eigenvalue weighted by atomic mass is 10.1. The Morgan fingerprint density at radius 2 is 2.35 bits per heavy atom. The Kier molecular flexibility index (Phi) is 2.48. The van der Waals surface area contributed by atoms with Crippen LogP contribution in [0.15, 0.2) is 30.5 Å². The lowest BCUT2D eigenvalue weighted by molar-refractivity contribution is 0.357. The van der Waals surface area contributed by atoms with Crippen LogP contribution in [0.2, 0.25) is 0 Å². The molecule has 3 rings (SSSR count). The fourth-order valence-corrected chi connectivity index (χ4v) is 2.06. The van der Waals surface area contributed by atoms with E-state index < -0.39 is 0 Å². The van der Waals surface area contributed by atoms with Crippen molar-refractivity contribution in [3.8, 4) is 5.75 Å². The topological polar surface area (TPSA) is 39.1 Å². The first-order chi connectivity index (χ1) is 8.33. The van der Waals surface area contributed by atoms with Gasteiger partial charge in [0.15, 0.2) is 0 Å². The van der Waals surface area contributed by atoms with Crippen molar-refractivity contribution in [3.05, 3.63) is 41.7 Å². The standard InChI is InChI=1S/C13H15N3O/c1-16-12(4-6-15-16)9-14-11-2-3-13-10(8-11)5-7-17-13/h2-4,6,8,14H,5,7,9H2,1H3. The summed E-state index contributed by atoms with van der Waals surface area (Å²) in [5.74, 6) is 1.02. The molecule has 0 radical (unpaired) electrons. The van der Waals surface area contributed by atoms with E-state index in [1.807, 2.05) is 30.1 Å². The second-order valence-electron chi connectivity index (χ2n) is 4.22. The highest BCUT2D eigenvalue weighted by Gasteiger charge is 2.11. The van der Waals surface area contributed by atoms with Crippen LogP contribution in [0, 0.1) is 0 Å². The van der Waals surface area contributed by atoms with Crippen LogP contribution in [-0.2, 0) is 20.0 Å². The summed E-state index contributed by atoms with van der Waals surface area (Å²) in [5, 5.41) is 7.54. The molecule has 2 aromatic rings. The smallest absolute Gasteiger partial charge is 0.122 e. The number of anilines is 1. The normalized spacial score (nSPS) is 13.2. The van der Waals surface area contributed by atoms with Gasteiger partial charge in [0.1, 0.15) is 5.75 Å². The number of nitrogens with zero attached hydrogens (tertiary/aromatic N) is 2. The summed E-state index contributed by atoms with van der Waals surface area (Å²) in [7, 11) is 1.95. The third-order valence-corrected chi connectivity index (χ3v) is 3.09. The molecule has 1 N–H and O–H groups in total. The lowest BCUT2D eigenvalue weighted by Crippen LogP contribution is -2.05. The highest BCUT2D eigenvalue weighted by atomic mass is 16.5. The third kappa shape index (κ3) is 1.98. The molecule has 0 amide bonds. The quantitative estimate of drug-likeness (QED) is 0.874. The Labute approximate surface area is 100 Å². The molecule has 1 aliphatic heterocycles. The molecule has 4 nitrogen and oxygen atoms in total. The van der Waals surface area contributed by atoms with E-state index in [1.165, 1.54) is 11.3 Å². The predicted molar refractivity (Wildman–Crippen MR) is 66.2 cm³/mol. The zero-order valence-corrected chi connectivity index (χ0v) is 9.81. The van der Waals surface area contributed by atoms with Gasteiger partial charge >= 0.3 is 0 Å². The molecular weight excluding hydrogens is 214 g/mol. The van der Waals surface area contributed by atoms with Crippen LogP contribution < -0.4 is 10.1 Å². The number of aromatic nitrogens is 2. The number of rotatable bonds is 3. The van der Waals surface area contributed by atoms with Crippen LogP contribution in [0.5, 0.6) is 5.75 Å². The van der Waals surface area contributed by atoms with Gasteiger partial charge in [-0.3, -0.25) is 4.68 Å². The Balaban J connectivity index is 1.72. The van der Waals surface area contributed by atoms with Crippen LogP contribution in [0.3, 0.4) is 0 Å². The van der Waals surface area contributed by atoms with Crippen molar-refractivity contribution < 1.29 is 4.74 Å². The van der Waals surface area contributed by atoms with Crippen LogP contribution in [0.4, 0.5) is 5.69 Å². The maximum atomic E-state index is 5.48. The number of aryl methyl sites for hydroxylation is 1. The van der Waals surface area contributed by atoms with Gasteiger partial charge in [-0.15, -0.1) is 0 Å². The van der Waals surface area contributed by atoms with Crippen molar-refractivity contribution in [1.29, 1.82) is 0 Å². The number of benzene rings is 1. The molecule has 0 atom stereocenters. The SMILES string of the molecule is Cn1nccc1CNc1ccc2c(c1)CCO2. The number of ether oxygens (including phenoxy) is 1. The number of hydrogen-bond donors (Lipinski definition) is 1. The maximum absolute atomic E-state index is 5.48. The van der Waals surface area contributed by atoms with Crippen LogP contribution in [-0.4, -0.2) is 16.4 Å². The van der Waals surface area contributed by atoms with Gasteiger partial charge in [0.05, 0.1) is 18.8 Å². The first-order valence-electron chi connectivity index (χ1n) is 5.79. The van der Waals surface area contributed by atoms with E-state index in [0.717, 1.165) is 31.0 Å². The minimum absolute atomic E-state index is 0.788. The molecule has 2 heterocycles. The Morgan fingerprint density at radius 1 is 1.41 bits per heavy atom. The van der Waals surface area contributed by atoms with Gasteiger partial charge in [0.25, 0.3) is 0 Å². The Hall–Kier alpha value is -1.97. The number of hydrogen-bond acceptors (Lipinski definition) is 3. The van der Waals surface area contributed by atoms with E-state index in [-0.39, 0.29) is 0 Å². The molecule has 1 aromatic heterocycles. The molecule has 0 fully saturated rings. The zero-order chi connectivity index (χ0) is 11.7. The van der Waals surface area contributed by atoms with Crippen LogP contribution in [0.1, 0.15) is 11.3 Å². The number of fused-ring (bicyclic) bond motifs is 1. The molecule has 0 bridgehead atoms. The molecule has 4 heteroatoms. The summed E-state index contributed by atoms with van der Waals surface area (Å²) in [5.41, 5.74) is 3.59. The average Bonchev–Trinajstić information content (AvgIpc) is 2.94. The monoisotopic (exact) mass is 229 g/mol. The molecule has 0 spiro atoms. The lowest BCUT2D eigenvalue weighted by Gasteiger charge is -2.08. The van der Waals surface area contributed by atoms with Crippen molar-refractivity contribution in [2.24, 2.45) is 7.05 Å². The number of nitrogens with one attached hydrogen (secondary N) is 1. The first kappa shape index (κ1) is 10.2. The molecular formula is C13H15N3O. The van der Waals surface area contributed by atoms with Gasteiger partial charge in [0, 0.05) is 25.4 Å². The van der Waals surface area contributed by atoms with E-state index in [2.05, 4.69) is 22.5 Å². The fraction of sp³-hybridized carbons (Fsp3) is 0.308. The van der Waals surface area contributed by atoms with Crippen LogP contribution in [0.25, 0.3) is 0 Å². The third-order valence-electron chi connectivity index (χ3n) is 3.09. The molecule has 0 unspecified atom stereocenters. The molecule has 1 aliphatic rings. The summed E-state index contributed by atoms with van der Waals surface area (Å²) in [4.78, 5) is 0. The van der Waals surface area contributed by atoms with E-state index in [9.17, 15) is 0 Å². The second-order valence-corrected chi connectivity index (χ2v) is 4.22. The summed E-state index contributed by atoms with van der Waals surface area (Å²) in [6.45, 7) is 1.59. The van der Waals surface area contributed by atoms with Crippen molar-refractivity contribution in [1.82, 2.24) is 9.78 Å². The van der Waals surface area contributed by atoms with Crippen LogP contribution >= 0.6 is 0 Å². The van der Waals surface area contributed by atoms with Crippen molar-refractivity contribution in [2.75, 3.05) is 11.9 Å². The van der Waals surface area contributed by atoms with Gasteiger partial charge in [-0.2, -0.15) is 5.10 Å². The van der Waals surface area contributed by atoms with E-state index >= 15 is 0 Å². The summed E-state index contributed by atoms with van der Waals surface area (Å²) < 4.78 is 7.36. The fourth-order valence-electron chi connectivity index (χ4n) is 2.06. The molecule has 17 heavy (non-hydrogen) atoms. The maximum Gasteiger partial charge on any atom is 0.122 e. The van der Waals surface area contributed by atoms with E-state index in [1.54, 1.807) is 0 Å². The average molecular weight is 229 g/mol. The van der Waals surface area contributed by atoms with Gasteiger partial charge in [-0.1, -0.05) is 0 Å². The second kappa shape index (κ2) is 4.13. The largest absolute Gasteiger partial charge is 0.493 e. The molecule has 0 aliphatic carbocycles. The Morgan fingerprint density at radius 3 is 3.18 bits per heavy atom. The summed E-state index contributed by atoms with van der Waals surface area (Å²) >= 11 is 0. The molecule has 1 aromatic carbocycles. The predicted octanol–water partition coefficient (Wildman–Crippen LogP) is 1.97. The zero-order valence-electron chi connectivity index (χ0n) is 9.81. The highest BCUT2D eigenvalue weighted by Crippen LogP contribution is 2.27. The van der Waals surface area contributed by atoms with Crippen molar-refractivity contribution >= 4 is 5.69 Å². The van der Waals surface area contributed by atoms with Gasteiger partial charge < -0.3 is 10.1 Å². The Bertz CT molecular complexity index is 533. The molecule has 0 saturated carbocycles. The minimum atomic E-state index is 0.788. The van der Waals surface area contributed by atoms with Gasteiger partial charge in [-0.25, -0.2) is 0 Å². The van der Waals surface area contributed by atoms with Gasteiger partial charge in [-0.05, 0) is 29.8 Å². The summed E-state index contributed by atoms with van der Waals surface area (Å²) in [6, 6.07) is 8.27.